The maximum absolute atomic E-state index is 14.2. The summed E-state index contributed by atoms with van der Waals surface area (Å²) in [7, 11) is -4.44. The van der Waals surface area contributed by atoms with Crippen molar-refractivity contribution in [3.05, 3.63) is 101 Å². The molecular formula is C27H24ClF4NO4S. The summed E-state index contributed by atoms with van der Waals surface area (Å²) in [6.45, 7) is 3.23. The van der Waals surface area contributed by atoms with Crippen LogP contribution >= 0.6 is 11.6 Å². The van der Waals surface area contributed by atoms with Gasteiger partial charge in [-0.1, -0.05) is 36.4 Å². The topological polar surface area (TPSA) is 66.8 Å². The molecule has 1 aliphatic heterocycles. The van der Waals surface area contributed by atoms with E-state index in [9.17, 15) is 31.1 Å². The van der Waals surface area contributed by atoms with Crippen LogP contribution in [0.2, 0.25) is 5.02 Å². The van der Waals surface area contributed by atoms with Crippen LogP contribution in [0.4, 0.5) is 23.2 Å². The molecule has 202 valence electrons. The monoisotopic (exact) mass is 569 g/mol. The summed E-state index contributed by atoms with van der Waals surface area (Å²) in [5, 5.41) is 9.76. The van der Waals surface area contributed by atoms with E-state index < -0.39 is 38.6 Å². The zero-order chi connectivity index (χ0) is 27.7. The van der Waals surface area contributed by atoms with Gasteiger partial charge in [0.1, 0.15) is 17.7 Å². The summed E-state index contributed by atoms with van der Waals surface area (Å²) in [5.41, 5.74) is 0.0355. The number of alkyl halides is 3. The van der Waals surface area contributed by atoms with Crippen LogP contribution in [0.1, 0.15) is 29.5 Å². The van der Waals surface area contributed by atoms with E-state index in [1.165, 1.54) is 12.1 Å². The van der Waals surface area contributed by atoms with Crippen molar-refractivity contribution >= 4 is 27.3 Å². The van der Waals surface area contributed by atoms with Crippen LogP contribution in [-0.4, -0.2) is 26.2 Å². The maximum Gasteiger partial charge on any atom is 0.416 e. The van der Waals surface area contributed by atoms with Gasteiger partial charge in [0.25, 0.3) is 10.0 Å². The molecule has 1 atom stereocenters. The number of anilines is 1. The van der Waals surface area contributed by atoms with E-state index in [2.05, 4.69) is 6.58 Å². The third-order valence-electron chi connectivity index (χ3n) is 6.18. The number of aryl methyl sites for hydroxylation is 1. The summed E-state index contributed by atoms with van der Waals surface area (Å²) < 4.78 is 88.5. The smallest absolute Gasteiger partial charge is 0.416 e. The van der Waals surface area contributed by atoms with Crippen LogP contribution in [0, 0.1) is 5.82 Å². The Morgan fingerprint density at radius 2 is 1.84 bits per heavy atom. The van der Waals surface area contributed by atoms with E-state index in [1.807, 2.05) is 0 Å². The van der Waals surface area contributed by atoms with Gasteiger partial charge in [-0.05, 0) is 67.3 Å². The normalized spacial score (nSPS) is 15.6. The number of sulfonamides is 1. The van der Waals surface area contributed by atoms with E-state index in [4.69, 9.17) is 16.3 Å². The molecule has 0 fully saturated rings. The third kappa shape index (κ3) is 6.07. The van der Waals surface area contributed by atoms with E-state index in [0.29, 0.717) is 23.6 Å². The van der Waals surface area contributed by atoms with Gasteiger partial charge >= 0.3 is 6.18 Å². The second-order valence-electron chi connectivity index (χ2n) is 8.91. The quantitative estimate of drug-likeness (QED) is 0.232. The number of rotatable bonds is 8. The molecule has 0 spiro atoms. The molecule has 0 saturated carbocycles. The van der Waals surface area contributed by atoms with Gasteiger partial charge in [-0.25, -0.2) is 12.8 Å². The van der Waals surface area contributed by atoms with E-state index in [1.54, 1.807) is 24.3 Å². The van der Waals surface area contributed by atoms with E-state index in [-0.39, 0.29) is 48.0 Å². The molecule has 11 heteroatoms. The average Bonchev–Trinajstić information content (AvgIpc) is 2.86. The molecule has 0 saturated heterocycles. The second-order valence-corrected chi connectivity index (χ2v) is 11.2. The van der Waals surface area contributed by atoms with Gasteiger partial charge in [-0.2, -0.15) is 13.2 Å². The Hall–Kier alpha value is -3.24. The van der Waals surface area contributed by atoms with E-state index in [0.717, 1.165) is 22.5 Å². The van der Waals surface area contributed by atoms with Crippen LogP contribution in [0.25, 0.3) is 0 Å². The molecule has 1 N–H and O–H groups in total. The van der Waals surface area contributed by atoms with Crippen LogP contribution in [-0.2, 0) is 29.0 Å². The number of allylic oxidation sites excluding steroid dienone is 1. The van der Waals surface area contributed by atoms with Crippen molar-refractivity contribution in [1.29, 1.82) is 0 Å². The lowest BCUT2D eigenvalue weighted by molar-refractivity contribution is -0.137. The molecular weight excluding hydrogens is 546 g/mol. The van der Waals surface area contributed by atoms with Crippen LogP contribution in [0.5, 0.6) is 5.75 Å². The largest absolute Gasteiger partial charge is 0.513 e. The molecule has 0 aliphatic carbocycles. The highest BCUT2D eigenvalue weighted by Gasteiger charge is 2.37. The molecule has 4 rings (SSSR count). The summed E-state index contributed by atoms with van der Waals surface area (Å²) in [6, 6.07) is 12.8. The molecule has 0 aromatic heterocycles. The number of halogens is 5. The fourth-order valence-corrected chi connectivity index (χ4v) is 6.02. The number of fused-ring (bicyclic) bond motifs is 1. The number of hydrogen-bond donors (Lipinski definition) is 1. The fraction of sp³-hybridized carbons (Fsp3) is 0.259. The lowest BCUT2D eigenvalue weighted by Crippen LogP contribution is -2.43. The SMILES string of the molecule is C=C(O)CC[C@H]1CN(S(=O)(=O)c2cccc(C(F)(F)F)c2)c2cc(CCc3c(F)cccc3Cl)ccc2O1. The van der Waals surface area contributed by atoms with Crippen molar-refractivity contribution in [2.45, 2.75) is 42.9 Å². The first-order valence-corrected chi connectivity index (χ1v) is 13.5. The van der Waals surface area contributed by atoms with Crippen LogP contribution < -0.4 is 9.04 Å². The number of aliphatic hydroxyl groups is 1. The lowest BCUT2D eigenvalue weighted by atomic mass is 10.0. The van der Waals surface area contributed by atoms with Crippen molar-refractivity contribution in [2.75, 3.05) is 10.8 Å². The van der Waals surface area contributed by atoms with Gasteiger partial charge in [0.05, 0.1) is 28.5 Å². The molecule has 0 bridgehead atoms. The summed E-state index contributed by atoms with van der Waals surface area (Å²) >= 11 is 6.12. The van der Waals surface area contributed by atoms with Gasteiger partial charge in [0, 0.05) is 17.0 Å². The minimum atomic E-state index is -4.72. The third-order valence-corrected chi connectivity index (χ3v) is 8.31. The van der Waals surface area contributed by atoms with Gasteiger partial charge < -0.3 is 9.84 Å². The van der Waals surface area contributed by atoms with Crippen LogP contribution in [0.3, 0.4) is 0 Å². The zero-order valence-electron chi connectivity index (χ0n) is 20.0. The van der Waals surface area contributed by atoms with Crippen molar-refractivity contribution in [1.82, 2.24) is 0 Å². The second kappa shape index (κ2) is 10.9. The molecule has 3 aromatic rings. The molecule has 1 heterocycles. The highest BCUT2D eigenvalue weighted by Crippen LogP contribution is 2.40. The van der Waals surface area contributed by atoms with Gasteiger partial charge in [-0.15, -0.1) is 0 Å². The van der Waals surface area contributed by atoms with Crippen molar-refractivity contribution in [2.24, 2.45) is 0 Å². The Morgan fingerprint density at radius 1 is 1.11 bits per heavy atom. The number of hydrogen-bond acceptors (Lipinski definition) is 4. The first kappa shape index (κ1) is 27.8. The Balaban J connectivity index is 1.71. The summed E-state index contributed by atoms with van der Waals surface area (Å²) in [5.74, 6) is -0.345. The summed E-state index contributed by atoms with van der Waals surface area (Å²) in [4.78, 5) is -0.519. The minimum absolute atomic E-state index is 0.103. The van der Waals surface area contributed by atoms with Gasteiger partial charge in [0.2, 0.25) is 0 Å². The molecule has 0 radical (unpaired) electrons. The van der Waals surface area contributed by atoms with Crippen LogP contribution in [0.15, 0.2) is 77.9 Å². The highest BCUT2D eigenvalue weighted by atomic mass is 35.5. The Morgan fingerprint density at radius 3 is 2.53 bits per heavy atom. The molecule has 1 aliphatic rings. The molecule has 38 heavy (non-hydrogen) atoms. The number of ether oxygens (including phenoxy) is 1. The standard InChI is InChI=1S/C27H24ClF4NO4S/c1-17(34)8-11-20-16-33(38(35,36)21-5-2-4-19(15-21)27(30,31)32)25-14-18(10-13-26(25)37-20)9-12-22-23(28)6-3-7-24(22)29/h2-7,10,13-15,20,34H,1,8-9,11-12,16H2/t20-/m0/s1. The molecule has 0 unspecified atom stereocenters. The summed E-state index contributed by atoms with van der Waals surface area (Å²) in [6.07, 6.45) is -4.46. The van der Waals surface area contributed by atoms with Crippen molar-refractivity contribution < 1.29 is 35.8 Å². The highest BCUT2D eigenvalue weighted by molar-refractivity contribution is 7.92. The zero-order valence-corrected chi connectivity index (χ0v) is 21.6. The number of aliphatic hydroxyl groups excluding tert-OH is 1. The molecule has 0 amide bonds. The maximum atomic E-state index is 14.2. The Kier molecular flexibility index (Phi) is 7.94. The fourth-order valence-electron chi connectivity index (χ4n) is 4.22. The first-order chi connectivity index (χ1) is 17.9. The first-order valence-electron chi connectivity index (χ1n) is 11.7. The van der Waals surface area contributed by atoms with Crippen molar-refractivity contribution in [3.8, 4) is 5.75 Å². The number of nitrogens with zero attached hydrogens (tertiary/aromatic N) is 1. The van der Waals surface area contributed by atoms with Crippen molar-refractivity contribution in [3.63, 3.8) is 0 Å². The van der Waals surface area contributed by atoms with Gasteiger partial charge in [-0.3, -0.25) is 4.31 Å². The minimum Gasteiger partial charge on any atom is -0.513 e. The number of benzene rings is 3. The Labute approximate surface area is 223 Å². The average molecular weight is 570 g/mol. The Bertz CT molecular complexity index is 1440. The predicted octanol–water partition coefficient (Wildman–Crippen LogP) is 7.09. The van der Waals surface area contributed by atoms with Gasteiger partial charge in [0.15, 0.2) is 0 Å². The van der Waals surface area contributed by atoms with E-state index >= 15 is 0 Å². The molecule has 5 nitrogen and oxygen atoms in total. The molecule has 3 aromatic carbocycles. The lowest BCUT2D eigenvalue weighted by Gasteiger charge is -2.36. The predicted molar refractivity (Wildman–Crippen MR) is 137 cm³/mol.